The summed E-state index contributed by atoms with van der Waals surface area (Å²) in [6, 6.07) is 3.09. The number of nitrogens with zero attached hydrogens (tertiary/aromatic N) is 1. The average Bonchev–Trinajstić information content (AvgIpc) is 3.11. The van der Waals surface area contributed by atoms with Crippen LogP contribution in [0.1, 0.15) is 37.5 Å². The van der Waals surface area contributed by atoms with Crippen molar-refractivity contribution in [2.75, 3.05) is 13.1 Å². The Morgan fingerprint density at radius 2 is 2.24 bits per heavy atom. The quantitative estimate of drug-likeness (QED) is 0.848. The standard InChI is InChI=1S/C13H19N3O4S/c17-13-6-5-10(9-14-13)15-21(18,19)16-7-1-3-11(16)12-4-2-8-20-12/h2,4,8,10-11,15H,1,3,5-7,9H2,(H,14,17)/t10-,11+/m0/s1. The summed E-state index contributed by atoms with van der Waals surface area (Å²) in [4.78, 5) is 11.1. The molecule has 1 aromatic rings. The number of rotatable bonds is 4. The Labute approximate surface area is 123 Å². The van der Waals surface area contributed by atoms with E-state index >= 15 is 0 Å². The summed E-state index contributed by atoms with van der Waals surface area (Å²) >= 11 is 0. The van der Waals surface area contributed by atoms with Crippen molar-refractivity contribution in [2.45, 2.75) is 37.8 Å². The van der Waals surface area contributed by atoms with Gasteiger partial charge in [0.15, 0.2) is 0 Å². The summed E-state index contributed by atoms with van der Waals surface area (Å²) in [5.74, 6) is 0.648. The predicted molar refractivity (Wildman–Crippen MR) is 75.5 cm³/mol. The molecular formula is C13H19N3O4S. The second-order valence-electron chi connectivity index (χ2n) is 5.45. The zero-order valence-electron chi connectivity index (χ0n) is 11.6. The number of hydrogen-bond acceptors (Lipinski definition) is 4. The van der Waals surface area contributed by atoms with Crippen LogP contribution in [0.15, 0.2) is 22.8 Å². The monoisotopic (exact) mass is 313 g/mol. The lowest BCUT2D eigenvalue weighted by Crippen LogP contribution is -2.51. The molecule has 3 heterocycles. The Kier molecular flexibility index (Phi) is 4.01. The summed E-state index contributed by atoms with van der Waals surface area (Å²) in [6.07, 6.45) is 4.02. The van der Waals surface area contributed by atoms with Gasteiger partial charge >= 0.3 is 0 Å². The molecule has 2 aliphatic rings. The Balaban J connectivity index is 1.70. The van der Waals surface area contributed by atoms with Crippen molar-refractivity contribution >= 4 is 16.1 Å². The van der Waals surface area contributed by atoms with E-state index in [-0.39, 0.29) is 18.0 Å². The minimum absolute atomic E-state index is 0.0277. The summed E-state index contributed by atoms with van der Waals surface area (Å²) in [5.41, 5.74) is 0. The van der Waals surface area contributed by atoms with Gasteiger partial charge in [0.25, 0.3) is 10.2 Å². The predicted octanol–water partition coefficient (Wildman–Crippen LogP) is 0.529. The van der Waals surface area contributed by atoms with Gasteiger partial charge in [0.2, 0.25) is 5.91 Å². The molecule has 1 aromatic heterocycles. The molecule has 2 saturated heterocycles. The largest absolute Gasteiger partial charge is 0.468 e. The SMILES string of the molecule is O=C1CC[C@H](NS(=O)(=O)N2CCC[C@@H]2c2ccco2)CN1. The molecule has 2 aliphatic heterocycles. The summed E-state index contributed by atoms with van der Waals surface area (Å²) in [6.45, 7) is 0.830. The van der Waals surface area contributed by atoms with E-state index in [0.29, 0.717) is 31.7 Å². The molecule has 116 valence electrons. The van der Waals surface area contributed by atoms with Crippen LogP contribution in [0.3, 0.4) is 0 Å². The lowest BCUT2D eigenvalue weighted by atomic mass is 10.1. The fraction of sp³-hybridized carbons (Fsp3) is 0.615. The van der Waals surface area contributed by atoms with Gasteiger partial charge in [-0.25, -0.2) is 0 Å². The van der Waals surface area contributed by atoms with E-state index < -0.39 is 10.2 Å². The highest BCUT2D eigenvalue weighted by Crippen LogP contribution is 2.34. The summed E-state index contributed by atoms with van der Waals surface area (Å²) < 4.78 is 34.6. The molecular weight excluding hydrogens is 294 g/mol. The van der Waals surface area contributed by atoms with Gasteiger partial charge in [-0.05, 0) is 31.4 Å². The number of amides is 1. The Bertz CT molecular complexity index is 589. The first kappa shape index (κ1) is 14.6. The van der Waals surface area contributed by atoms with E-state index in [2.05, 4.69) is 10.0 Å². The maximum Gasteiger partial charge on any atom is 0.280 e. The van der Waals surface area contributed by atoms with Gasteiger partial charge < -0.3 is 9.73 Å². The average molecular weight is 313 g/mol. The van der Waals surface area contributed by atoms with Gasteiger partial charge in [-0.1, -0.05) is 0 Å². The molecule has 7 nitrogen and oxygen atoms in total. The Morgan fingerprint density at radius 1 is 1.38 bits per heavy atom. The van der Waals surface area contributed by atoms with Gasteiger partial charge in [-0.2, -0.15) is 17.4 Å². The highest BCUT2D eigenvalue weighted by molar-refractivity contribution is 7.87. The van der Waals surface area contributed by atoms with Crippen molar-refractivity contribution in [3.63, 3.8) is 0 Å². The summed E-state index contributed by atoms with van der Waals surface area (Å²) in [7, 11) is -3.58. The molecule has 0 spiro atoms. The molecule has 0 unspecified atom stereocenters. The van der Waals surface area contributed by atoms with Crippen molar-refractivity contribution in [3.8, 4) is 0 Å². The number of carbonyl (C=O) groups is 1. The van der Waals surface area contributed by atoms with E-state index in [1.54, 1.807) is 18.4 Å². The first-order chi connectivity index (χ1) is 10.1. The van der Waals surface area contributed by atoms with Gasteiger partial charge in [0.1, 0.15) is 5.76 Å². The molecule has 0 saturated carbocycles. The van der Waals surface area contributed by atoms with Crippen LogP contribution in [0.2, 0.25) is 0 Å². The minimum Gasteiger partial charge on any atom is -0.468 e. The normalized spacial score (nSPS) is 27.7. The molecule has 2 fully saturated rings. The maximum atomic E-state index is 12.5. The second kappa shape index (κ2) is 5.78. The van der Waals surface area contributed by atoms with E-state index in [9.17, 15) is 13.2 Å². The van der Waals surface area contributed by atoms with Gasteiger partial charge in [-0.15, -0.1) is 0 Å². The molecule has 21 heavy (non-hydrogen) atoms. The zero-order valence-corrected chi connectivity index (χ0v) is 12.4. The third-order valence-corrected chi connectivity index (χ3v) is 5.65. The van der Waals surface area contributed by atoms with Gasteiger partial charge in [-0.3, -0.25) is 4.79 Å². The van der Waals surface area contributed by atoms with Crippen LogP contribution >= 0.6 is 0 Å². The van der Waals surface area contributed by atoms with Crippen LogP contribution in [0, 0.1) is 0 Å². The number of furan rings is 1. The molecule has 0 bridgehead atoms. The van der Waals surface area contributed by atoms with Crippen molar-refractivity contribution in [1.29, 1.82) is 0 Å². The number of hydrogen-bond donors (Lipinski definition) is 2. The maximum absolute atomic E-state index is 12.5. The molecule has 2 N–H and O–H groups in total. The third kappa shape index (κ3) is 3.12. The van der Waals surface area contributed by atoms with Gasteiger partial charge in [0, 0.05) is 25.6 Å². The number of carbonyl (C=O) groups excluding carboxylic acids is 1. The lowest BCUT2D eigenvalue weighted by molar-refractivity contribution is -0.122. The summed E-state index contributed by atoms with van der Waals surface area (Å²) in [5, 5.41) is 2.68. The highest BCUT2D eigenvalue weighted by Gasteiger charge is 2.38. The Morgan fingerprint density at radius 3 is 2.90 bits per heavy atom. The minimum atomic E-state index is -3.58. The smallest absolute Gasteiger partial charge is 0.280 e. The molecule has 2 atom stereocenters. The molecule has 8 heteroatoms. The van der Waals surface area contributed by atoms with Crippen LogP contribution in [0.5, 0.6) is 0 Å². The third-order valence-electron chi connectivity index (χ3n) is 3.97. The molecule has 0 aliphatic carbocycles. The van der Waals surface area contributed by atoms with E-state index in [4.69, 9.17) is 4.42 Å². The van der Waals surface area contributed by atoms with E-state index in [1.165, 1.54) is 4.31 Å². The first-order valence-electron chi connectivity index (χ1n) is 7.15. The van der Waals surface area contributed by atoms with E-state index in [1.807, 2.05) is 0 Å². The zero-order chi connectivity index (χ0) is 14.9. The Hall–Kier alpha value is -1.38. The highest BCUT2D eigenvalue weighted by atomic mass is 32.2. The van der Waals surface area contributed by atoms with E-state index in [0.717, 1.165) is 12.8 Å². The number of nitrogens with one attached hydrogen (secondary N) is 2. The first-order valence-corrected chi connectivity index (χ1v) is 8.59. The van der Waals surface area contributed by atoms with Crippen LogP contribution in [0.25, 0.3) is 0 Å². The van der Waals surface area contributed by atoms with Gasteiger partial charge in [0.05, 0.1) is 12.3 Å². The lowest BCUT2D eigenvalue weighted by Gasteiger charge is -2.28. The molecule has 0 radical (unpaired) electrons. The van der Waals surface area contributed by atoms with Crippen molar-refractivity contribution < 1.29 is 17.6 Å². The molecule has 1 amide bonds. The second-order valence-corrected chi connectivity index (χ2v) is 7.10. The van der Waals surface area contributed by atoms with Crippen LogP contribution in [0.4, 0.5) is 0 Å². The fourth-order valence-corrected chi connectivity index (χ4v) is 4.58. The van der Waals surface area contributed by atoms with Crippen LogP contribution in [-0.2, 0) is 15.0 Å². The topological polar surface area (TPSA) is 91.7 Å². The van der Waals surface area contributed by atoms with Crippen molar-refractivity contribution in [2.24, 2.45) is 0 Å². The molecule has 0 aromatic carbocycles. The van der Waals surface area contributed by atoms with Crippen molar-refractivity contribution in [3.05, 3.63) is 24.2 Å². The number of piperidine rings is 1. The van der Waals surface area contributed by atoms with Crippen molar-refractivity contribution in [1.82, 2.24) is 14.3 Å². The molecule has 3 rings (SSSR count). The van der Waals surface area contributed by atoms with Crippen LogP contribution < -0.4 is 10.0 Å². The fourth-order valence-electron chi connectivity index (χ4n) is 2.90. The van der Waals surface area contributed by atoms with Crippen LogP contribution in [-0.4, -0.2) is 37.8 Å².